The summed E-state index contributed by atoms with van der Waals surface area (Å²) in [7, 11) is 0. The fourth-order valence-corrected chi connectivity index (χ4v) is 1.92. The SMILES string of the molecule is c1cc(C[C@H]2CO2)c2c(c1)OCC2. The van der Waals surface area contributed by atoms with Crippen LogP contribution in [0.2, 0.25) is 0 Å². The van der Waals surface area contributed by atoms with Crippen LogP contribution in [-0.2, 0) is 17.6 Å². The summed E-state index contributed by atoms with van der Waals surface area (Å²) >= 11 is 0. The molecular weight excluding hydrogens is 164 g/mol. The molecular formula is C11H12O2. The highest BCUT2D eigenvalue weighted by molar-refractivity contribution is 5.43. The van der Waals surface area contributed by atoms with Crippen LogP contribution in [-0.4, -0.2) is 19.3 Å². The highest BCUT2D eigenvalue weighted by atomic mass is 16.6. The molecule has 0 spiro atoms. The molecule has 2 heteroatoms. The van der Waals surface area contributed by atoms with Crippen LogP contribution in [0.15, 0.2) is 18.2 Å². The van der Waals surface area contributed by atoms with Crippen LogP contribution in [0.25, 0.3) is 0 Å². The summed E-state index contributed by atoms with van der Waals surface area (Å²) in [5, 5.41) is 0. The number of fused-ring (bicyclic) bond motifs is 1. The molecule has 1 atom stereocenters. The standard InChI is InChI=1S/C11H12O2/c1-2-8(6-9-7-13-9)10-4-5-12-11(10)3-1/h1-3,9H,4-7H2/t9-/m0/s1. The Hall–Kier alpha value is -1.02. The lowest BCUT2D eigenvalue weighted by Gasteiger charge is -2.04. The van der Waals surface area contributed by atoms with E-state index in [0.29, 0.717) is 6.10 Å². The van der Waals surface area contributed by atoms with Crippen molar-refractivity contribution in [3.63, 3.8) is 0 Å². The smallest absolute Gasteiger partial charge is 0.122 e. The highest BCUT2D eigenvalue weighted by Crippen LogP contribution is 2.30. The van der Waals surface area contributed by atoms with Gasteiger partial charge < -0.3 is 9.47 Å². The molecule has 2 nitrogen and oxygen atoms in total. The predicted octanol–water partition coefficient (Wildman–Crippen LogP) is 1.56. The molecule has 0 aliphatic carbocycles. The molecule has 1 aromatic rings. The number of hydrogen-bond acceptors (Lipinski definition) is 2. The minimum absolute atomic E-state index is 0.479. The van der Waals surface area contributed by atoms with Crippen LogP contribution in [0.4, 0.5) is 0 Å². The van der Waals surface area contributed by atoms with Gasteiger partial charge in [-0.15, -0.1) is 0 Å². The Morgan fingerprint density at radius 2 is 2.31 bits per heavy atom. The van der Waals surface area contributed by atoms with Crippen molar-refractivity contribution in [1.29, 1.82) is 0 Å². The molecule has 68 valence electrons. The Kier molecular flexibility index (Phi) is 1.56. The van der Waals surface area contributed by atoms with Gasteiger partial charge in [0.2, 0.25) is 0 Å². The van der Waals surface area contributed by atoms with Crippen molar-refractivity contribution in [1.82, 2.24) is 0 Å². The highest BCUT2D eigenvalue weighted by Gasteiger charge is 2.25. The normalized spacial score (nSPS) is 23.8. The van der Waals surface area contributed by atoms with E-state index in [-0.39, 0.29) is 0 Å². The van der Waals surface area contributed by atoms with E-state index in [1.54, 1.807) is 0 Å². The van der Waals surface area contributed by atoms with Crippen LogP contribution in [0.5, 0.6) is 5.75 Å². The lowest BCUT2D eigenvalue weighted by atomic mass is 10.0. The monoisotopic (exact) mass is 176 g/mol. The van der Waals surface area contributed by atoms with E-state index in [4.69, 9.17) is 9.47 Å². The summed E-state index contributed by atoms with van der Waals surface area (Å²) in [4.78, 5) is 0. The van der Waals surface area contributed by atoms with Crippen molar-refractivity contribution in [3.05, 3.63) is 29.3 Å². The van der Waals surface area contributed by atoms with E-state index in [1.807, 2.05) is 0 Å². The van der Waals surface area contributed by atoms with E-state index >= 15 is 0 Å². The quantitative estimate of drug-likeness (QED) is 0.638. The lowest BCUT2D eigenvalue weighted by molar-refractivity contribution is 0.357. The summed E-state index contributed by atoms with van der Waals surface area (Å²) < 4.78 is 10.7. The Morgan fingerprint density at radius 1 is 1.38 bits per heavy atom. The third-order valence-corrected chi connectivity index (χ3v) is 2.69. The minimum Gasteiger partial charge on any atom is -0.493 e. The van der Waals surface area contributed by atoms with Crippen LogP contribution in [0.3, 0.4) is 0 Å². The molecule has 1 saturated heterocycles. The van der Waals surface area contributed by atoms with Crippen molar-refractivity contribution in [2.45, 2.75) is 18.9 Å². The maximum atomic E-state index is 5.50. The van der Waals surface area contributed by atoms with E-state index in [0.717, 1.165) is 31.8 Å². The van der Waals surface area contributed by atoms with Gasteiger partial charge in [-0.05, 0) is 11.6 Å². The second-order valence-corrected chi connectivity index (χ2v) is 3.65. The van der Waals surface area contributed by atoms with Gasteiger partial charge in [-0.3, -0.25) is 0 Å². The first-order chi connectivity index (χ1) is 6.43. The number of benzene rings is 1. The summed E-state index contributed by atoms with van der Waals surface area (Å²) in [6, 6.07) is 6.32. The first-order valence-electron chi connectivity index (χ1n) is 4.78. The van der Waals surface area contributed by atoms with Crippen molar-refractivity contribution < 1.29 is 9.47 Å². The molecule has 0 unspecified atom stereocenters. The third-order valence-electron chi connectivity index (χ3n) is 2.69. The molecule has 2 aliphatic heterocycles. The predicted molar refractivity (Wildman–Crippen MR) is 49.1 cm³/mol. The first kappa shape index (κ1) is 7.39. The van der Waals surface area contributed by atoms with Crippen molar-refractivity contribution in [3.8, 4) is 5.75 Å². The zero-order chi connectivity index (χ0) is 8.67. The van der Waals surface area contributed by atoms with Gasteiger partial charge in [-0.2, -0.15) is 0 Å². The number of epoxide rings is 1. The minimum atomic E-state index is 0.479. The zero-order valence-electron chi connectivity index (χ0n) is 7.45. The van der Waals surface area contributed by atoms with Crippen molar-refractivity contribution in [2.24, 2.45) is 0 Å². The van der Waals surface area contributed by atoms with Crippen LogP contribution in [0.1, 0.15) is 11.1 Å². The number of rotatable bonds is 2. The summed E-state index contributed by atoms with van der Waals surface area (Å²) in [5.41, 5.74) is 2.82. The van der Waals surface area contributed by atoms with Crippen molar-refractivity contribution >= 4 is 0 Å². The second-order valence-electron chi connectivity index (χ2n) is 3.65. The molecule has 0 aromatic heterocycles. The van der Waals surface area contributed by atoms with Crippen LogP contribution >= 0.6 is 0 Å². The molecule has 2 heterocycles. The fraction of sp³-hybridized carbons (Fsp3) is 0.455. The zero-order valence-corrected chi connectivity index (χ0v) is 7.45. The molecule has 13 heavy (non-hydrogen) atoms. The fourth-order valence-electron chi connectivity index (χ4n) is 1.92. The number of hydrogen-bond donors (Lipinski definition) is 0. The van der Waals surface area contributed by atoms with Gasteiger partial charge in [0.1, 0.15) is 5.75 Å². The molecule has 0 amide bonds. The molecule has 0 saturated carbocycles. The molecule has 0 bridgehead atoms. The van der Waals surface area contributed by atoms with E-state index in [1.165, 1.54) is 11.1 Å². The van der Waals surface area contributed by atoms with Gasteiger partial charge in [-0.25, -0.2) is 0 Å². The van der Waals surface area contributed by atoms with E-state index in [9.17, 15) is 0 Å². The molecule has 2 aliphatic rings. The van der Waals surface area contributed by atoms with Crippen LogP contribution in [0, 0.1) is 0 Å². The Labute approximate surface area is 77.5 Å². The Bertz CT molecular complexity index is 329. The average molecular weight is 176 g/mol. The van der Waals surface area contributed by atoms with Gasteiger partial charge >= 0.3 is 0 Å². The van der Waals surface area contributed by atoms with Gasteiger partial charge in [0.15, 0.2) is 0 Å². The summed E-state index contributed by atoms with van der Waals surface area (Å²) in [6.07, 6.45) is 2.61. The maximum absolute atomic E-state index is 5.50. The second kappa shape index (κ2) is 2.74. The van der Waals surface area contributed by atoms with Crippen molar-refractivity contribution in [2.75, 3.05) is 13.2 Å². The molecule has 0 radical (unpaired) electrons. The topological polar surface area (TPSA) is 21.8 Å². The lowest BCUT2D eigenvalue weighted by Crippen LogP contribution is -1.96. The summed E-state index contributed by atoms with van der Waals surface area (Å²) in [6.45, 7) is 1.78. The first-order valence-corrected chi connectivity index (χ1v) is 4.78. The van der Waals surface area contributed by atoms with Gasteiger partial charge in [0.25, 0.3) is 0 Å². The Balaban J connectivity index is 1.94. The largest absolute Gasteiger partial charge is 0.493 e. The Morgan fingerprint density at radius 3 is 3.15 bits per heavy atom. The molecule has 0 N–H and O–H groups in total. The molecule has 1 aromatic carbocycles. The maximum Gasteiger partial charge on any atom is 0.122 e. The average Bonchev–Trinajstić information content (AvgIpc) is 2.83. The molecule has 3 rings (SSSR count). The summed E-state index contributed by atoms with van der Waals surface area (Å²) in [5.74, 6) is 1.08. The van der Waals surface area contributed by atoms with E-state index in [2.05, 4.69) is 18.2 Å². The third kappa shape index (κ3) is 1.31. The molecule has 1 fully saturated rings. The number of ether oxygens (including phenoxy) is 2. The van der Waals surface area contributed by atoms with Gasteiger partial charge in [0, 0.05) is 18.4 Å². The van der Waals surface area contributed by atoms with E-state index < -0.39 is 0 Å². The van der Waals surface area contributed by atoms with Crippen LogP contribution < -0.4 is 4.74 Å². The van der Waals surface area contributed by atoms with Gasteiger partial charge in [-0.1, -0.05) is 12.1 Å². The van der Waals surface area contributed by atoms with Gasteiger partial charge in [0.05, 0.1) is 19.3 Å².